The van der Waals surface area contributed by atoms with Crippen LogP contribution >= 0.6 is 0 Å². The molecular weight excluding hydrogens is 701 g/mol. The fourth-order valence-corrected chi connectivity index (χ4v) is 8.34. The van der Waals surface area contributed by atoms with Crippen molar-refractivity contribution in [3.05, 3.63) is 120 Å². The van der Waals surface area contributed by atoms with E-state index in [1.807, 2.05) is 66.7 Å². The standard InChI is InChI=1S/C44H60O9Si/c1-44(2,3)54(5,6)53-41-38(27-35-23-16-24-36-39(50-35)30-49-43(52-36)34-21-14-9-15-22-34)51-37(25-26-46-31-45-4)40(47-28-32-17-10-7-11-18-32)42(41)48-29-33-19-12-8-13-20-33/h7-15,17-23,36-43H,16,24-31H2,1-6H3/t36-,37-,38+,39+,40-,41+,42+,43+/m0/s1. The highest BCUT2D eigenvalue weighted by atomic mass is 28.4. The summed E-state index contributed by atoms with van der Waals surface area (Å²) in [5.41, 5.74) is 3.18. The SMILES string of the molecule is COCOCC[C@@H]1O[C@H](CC2=CCC[C@@H]3O[C@H](c4ccccc4)OC[C@H]3O2)[C@@H](O[Si](C)(C)C(C)(C)C)[C@H](OCc2ccccc2)[C@H]1OCc1ccccc1. The molecular formula is C44H60O9Si. The molecule has 0 bridgehead atoms. The van der Waals surface area contributed by atoms with Gasteiger partial charge in [-0.15, -0.1) is 0 Å². The molecule has 3 aliphatic rings. The molecule has 0 N–H and O–H groups in total. The summed E-state index contributed by atoms with van der Waals surface area (Å²) in [6, 6.07) is 30.6. The van der Waals surface area contributed by atoms with Crippen LogP contribution in [0.15, 0.2) is 103 Å². The molecule has 3 aromatic carbocycles. The number of methoxy groups -OCH3 is 1. The first-order valence-electron chi connectivity index (χ1n) is 19.5. The number of fused-ring (bicyclic) bond motifs is 1. The smallest absolute Gasteiger partial charge is 0.192 e. The van der Waals surface area contributed by atoms with E-state index in [0.717, 1.165) is 35.3 Å². The number of benzene rings is 3. The van der Waals surface area contributed by atoms with E-state index in [1.165, 1.54) is 0 Å². The van der Waals surface area contributed by atoms with Crippen molar-refractivity contribution >= 4 is 8.32 Å². The molecule has 2 fully saturated rings. The maximum Gasteiger partial charge on any atom is 0.192 e. The minimum absolute atomic E-state index is 0.0514. The van der Waals surface area contributed by atoms with E-state index >= 15 is 0 Å². The van der Waals surface area contributed by atoms with Crippen molar-refractivity contribution < 1.29 is 42.3 Å². The van der Waals surface area contributed by atoms with Gasteiger partial charge in [-0.3, -0.25) is 0 Å². The second-order valence-corrected chi connectivity index (χ2v) is 20.8. The molecule has 0 radical (unpaired) electrons. The van der Waals surface area contributed by atoms with Gasteiger partial charge in [0, 0.05) is 19.1 Å². The Morgan fingerprint density at radius 1 is 0.741 bits per heavy atom. The highest BCUT2D eigenvalue weighted by Crippen LogP contribution is 2.42. The molecule has 3 heterocycles. The average Bonchev–Trinajstić information content (AvgIpc) is 3.38. The maximum atomic E-state index is 7.40. The molecule has 9 nitrogen and oxygen atoms in total. The third-order valence-corrected chi connectivity index (χ3v) is 15.5. The molecule has 2 saturated heterocycles. The Morgan fingerprint density at radius 3 is 2.00 bits per heavy atom. The lowest BCUT2D eigenvalue weighted by atomic mass is 9.91. The molecule has 6 rings (SSSR count). The van der Waals surface area contributed by atoms with Gasteiger partial charge < -0.3 is 42.3 Å². The zero-order valence-corrected chi connectivity index (χ0v) is 33.9. The minimum Gasteiger partial charge on any atom is -0.490 e. The van der Waals surface area contributed by atoms with Gasteiger partial charge in [0.25, 0.3) is 0 Å². The molecule has 10 heteroatoms. The molecule has 0 unspecified atom stereocenters. The van der Waals surface area contributed by atoms with Gasteiger partial charge in [-0.05, 0) is 54.6 Å². The molecule has 54 heavy (non-hydrogen) atoms. The van der Waals surface area contributed by atoms with E-state index in [-0.39, 0.29) is 36.2 Å². The summed E-state index contributed by atoms with van der Waals surface area (Å²) < 4.78 is 58.9. The number of hydrogen-bond donors (Lipinski definition) is 0. The molecule has 0 saturated carbocycles. The van der Waals surface area contributed by atoms with Gasteiger partial charge in [-0.2, -0.15) is 0 Å². The van der Waals surface area contributed by atoms with Crippen molar-refractivity contribution in [2.75, 3.05) is 27.1 Å². The summed E-state index contributed by atoms with van der Waals surface area (Å²) in [4.78, 5) is 0. The van der Waals surface area contributed by atoms with Crippen molar-refractivity contribution in [3.8, 4) is 0 Å². The van der Waals surface area contributed by atoms with E-state index in [9.17, 15) is 0 Å². The zero-order chi connectivity index (χ0) is 38.0. The van der Waals surface area contributed by atoms with Crippen LogP contribution in [0.2, 0.25) is 18.1 Å². The van der Waals surface area contributed by atoms with Crippen LogP contribution in [0.3, 0.4) is 0 Å². The third kappa shape index (κ3) is 10.9. The first-order chi connectivity index (χ1) is 26.1. The predicted molar refractivity (Wildman–Crippen MR) is 210 cm³/mol. The predicted octanol–water partition coefficient (Wildman–Crippen LogP) is 8.89. The fraction of sp³-hybridized carbons (Fsp3) is 0.545. The monoisotopic (exact) mass is 760 g/mol. The van der Waals surface area contributed by atoms with Gasteiger partial charge in [0.05, 0.1) is 44.4 Å². The molecule has 0 aliphatic carbocycles. The van der Waals surface area contributed by atoms with Gasteiger partial charge in [-0.25, -0.2) is 0 Å². The lowest BCUT2D eigenvalue weighted by Crippen LogP contribution is -2.63. The van der Waals surface area contributed by atoms with Crippen LogP contribution in [0.1, 0.15) is 69.4 Å². The van der Waals surface area contributed by atoms with Crippen LogP contribution in [-0.2, 0) is 55.5 Å². The summed E-state index contributed by atoms with van der Waals surface area (Å²) in [6.45, 7) is 13.3. The molecule has 0 aromatic heterocycles. The Kier molecular flexibility index (Phi) is 14.6. The Balaban J connectivity index is 1.29. The molecule has 8 atom stereocenters. The van der Waals surface area contributed by atoms with E-state index in [1.54, 1.807) is 7.11 Å². The Labute approximate surface area is 323 Å². The van der Waals surface area contributed by atoms with Crippen LogP contribution in [0.4, 0.5) is 0 Å². The van der Waals surface area contributed by atoms with E-state index in [0.29, 0.717) is 39.3 Å². The van der Waals surface area contributed by atoms with Crippen molar-refractivity contribution in [1.82, 2.24) is 0 Å². The highest BCUT2D eigenvalue weighted by molar-refractivity contribution is 6.74. The Morgan fingerprint density at radius 2 is 1.37 bits per heavy atom. The summed E-state index contributed by atoms with van der Waals surface area (Å²) in [5, 5.41) is -0.0514. The van der Waals surface area contributed by atoms with Crippen molar-refractivity contribution in [3.63, 3.8) is 0 Å². The number of ether oxygens (including phenoxy) is 8. The summed E-state index contributed by atoms with van der Waals surface area (Å²) in [6.07, 6.45) is 2.20. The largest absolute Gasteiger partial charge is 0.490 e. The maximum absolute atomic E-state index is 7.40. The lowest BCUT2D eigenvalue weighted by Gasteiger charge is -2.50. The summed E-state index contributed by atoms with van der Waals surface area (Å²) in [7, 11) is -0.730. The van der Waals surface area contributed by atoms with E-state index in [2.05, 4.69) is 64.2 Å². The van der Waals surface area contributed by atoms with Crippen molar-refractivity contribution in [1.29, 1.82) is 0 Å². The van der Waals surface area contributed by atoms with Crippen LogP contribution in [0.25, 0.3) is 0 Å². The third-order valence-electron chi connectivity index (χ3n) is 11.0. The first-order valence-corrected chi connectivity index (χ1v) is 22.4. The topological polar surface area (TPSA) is 83.1 Å². The van der Waals surface area contributed by atoms with Crippen molar-refractivity contribution in [2.45, 2.75) is 127 Å². The summed E-state index contributed by atoms with van der Waals surface area (Å²) in [5.74, 6) is 0.863. The Hall–Kier alpha value is -2.90. The number of rotatable bonds is 16. The normalized spacial score (nSPS) is 27.7. The lowest BCUT2D eigenvalue weighted by molar-refractivity contribution is -0.264. The number of hydrogen-bond acceptors (Lipinski definition) is 9. The van der Waals surface area contributed by atoms with Crippen LogP contribution in [0, 0.1) is 0 Å². The second kappa shape index (κ2) is 19.3. The van der Waals surface area contributed by atoms with Crippen molar-refractivity contribution in [2.24, 2.45) is 0 Å². The second-order valence-electron chi connectivity index (χ2n) is 16.0. The molecule has 0 spiro atoms. The summed E-state index contributed by atoms with van der Waals surface area (Å²) >= 11 is 0. The molecule has 294 valence electrons. The Bertz CT molecular complexity index is 1570. The molecule has 0 amide bonds. The van der Waals surface area contributed by atoms with Gasteiger partial charge in [-0.1, -0.05) is 112 Å². The quantitative estimate of drug-likeness (QED) is 0.0808. The van der Waals surface area contributed by atoms with Crippen LogP contribution in [0.5, 0.6) is 0 Å². The fourth-order valence-electron chi connectivity index (χ4n) is 7.02. The highest BCUT2D eigenvalue weighted by Gasteiger charge is 2.52. The van der Waals surface area contributed by atoms with Gasteiger partial charge in [0.2, 0.25) is 0 Å². The van der Waals surface area contributed by atoms with E-state index < -0.39 is 32.9 Å². The van der Waals surface area contributed by atoms with Gasteiger partial charge >= 0.3 is 0 Å². The van der Waals surface area contributed by atoms with Gasteiger partial charge in [0.15, 0.2) is 14.6 Å². The minimum atomic E-state index is -2.36. The van der Waals surface area contributed by atoms with Crippen LogP contribution < -0.4 is 0 Å². The van der Waals surface area contributed by atoms with Gasteiger partial charge in [0.1, 0.15) is 37.3 Å². The number of allylic oxidation sites excluding steroid dienone is 1. The van der Waals surface area contributed by atoms with Crippen LogP contribution in [-0.4, -0.2) is 78.2 Å². The zero-order valence-electron chi connectivity index (χ0n) is 32.9. The first kappa shape index (κ1) is 40.8. The average molecular weight is 761 g/mol. The molecule has 3 aliphatic heterocycles. The molecule has 3 aromatic rings. The van der Waals surface area contributed by atoms with E-state index in [4.69, 9.17) is 42.3 Å².